The smallest absolute Gasteiger partial charge is 0.416 e. The van der Waals surface area contributed by atoms with Crippen molar-refractivity contribution in [2.45, 2.75) is 19.0 Å². The monoisotopic (exact) mass is 562 g/mol. The van der Waals surface area contributed by atoms with Gasteiger partial charge < -0.3 is 20.3 Å². The molecule has 0 spiro atoms. The molecule has 2 amide bonds. The van der Waals surface area contributed by atoms with Gasteiger partial charge >= 0.3 is 18.2 Å². The zero-order chi connectivity index (χ0) is 27.3. The molecule has 0 aliphatic carbocycles. The van der Waals surface area contributed by atoms with Gasteiger partial charge in [0.15, 0.2) is 11.6 Å². The minimum absolute atomic E-state index is 0. The van der Waals surface area contributed by atoms with E-state index in [0.717, 1.165) is 47.2 Å². The van der Waals surface area contributed by atoms with Crippen LogP contribution in [0.4, 0.5) is 38.1 Å². The first-order valence-electron chi connectivity index (χ1n) is 10.9. The predicted octanol–water partition coefficient (Wildman–Crippen LogP) is 5.53. The van der Waals surface area contributed by atoms with Crippen LogP contribution in [0.1, 0.15) is 23.2 Å². The number of fused-ring (bicyclic) bond motifs is 1. The Morgan fingerprint density at radius 3 is 2.21 bits per heavy atom. The first kappa shape index (κ1) is 30.5. The Balaban J connectivity index is 0.00000507. The Hall–Kier alpha value is -3.71. The van der Waals surface area contributed by atoms with Crippen LogP contribution in [0.15, 0.2) is 42.6 Å². The minimum Gasteiger partial charge on any atom is -0.464 e. The van der Waals surface area contributed by atoms with E-state index in [0.29, 0.717) is 6.54 Å². The zero-order valence-electron chi connectivity index (χ0n) is 20.2. The second kappa shape index (κ2) is 12.7. The molecule has 0 atom stereocenters. The number of nitrogens with zero attached hydrogens (tertiary/aromatic N) is 2. The van der Waals surface area contributed by atoms with E-state index in [1.54, 1.807) is 19.0 Å². The number of halogens is 6. The van der Waals surface area contributed by atoms with Crippen LogP contribution >= 0.6 is 12.4 Å². The summed E-state index contributed by atoms with van der Waals surface area (Å²) in [5, 5.41) is 4.68. The summed E-state index contributed by atoms with van der Waals surface area (Å²) >= 11 is 0. The highest BCUT2D eigenvalue weighted by Crippen LogP contribution is 2.31. The molecule has 206 valence electrons. The fraction of sp³-hybridized carbons (Fsp3) is 0.292. The third-order valence-electron chi connectivity index (χ3n) is 5.18. The summed E-state index contributed by atoms with van der Waals surface area (Å²) in [4.78, 5) is 38.9. The van der Waals surface area contributed by atoms with Crippen LogP contribution in [-0.4, -0.2) is 54.6 Å². The standard InChI is InChI=1S/C24H23F5N4O4.ClH/c1-32(2)9-10-37-22(35)8-7-21(34)33-13-19(16-11-17(25)18(26)12-20(16)33)31-23(36)30-15-5-3-14(4-6-15)24(27,28)29;/h3-6,11-13H,7-10H2,1-2H3,(H2,30,31,36);1H. The SMILES string of the molecule is CN(C)CCOC(=O)CCC(=O)n1cc(NC(=O)Nc2ccc(C(F)(F)F)cc2)c2cc(F)c(F)cc21.Cl. The van der Waals surface area contributed by atoms with Crippen LogP contribution < -0.4 is 10.6 Å². The molecule has 0 saturated carbocycles. The van der Waals surface area contributed by atoms with Crippen LogP contribution in [0.3, 0.4) is 0 Å². The number of amides is 2. The Labute approximate surface area is 220 Å². The lowest BCUT2D eigenvalue weighted by molar-refractivity contribution is -0.144. The van der Waals surface area contributed by atoms with Crippen LogP contribution in [0.2, 0.25) is 0 Å². The molecule has 0 fully saturated rings. The van der Waals surface area contributed by atoms with Gasteiger partial charge in [0, 0.05) is 36.3 Å². The van der Waals surface area contributed by atoms with E-state index in [1.807, 2.05) is 0 Å². The van der Waals surface area contributed by atoms with Crippen molar-refractivity contribution in [2.75, 3.05) is 37.9 Å². The van der Waals surface area contributed by atoms with E-state index in [1.165, 1.54) is 0 Å². The number of likely N-dealkylation sites (N-methyl/N-ethyl adjacent to an activating group) is 1. The number of benzene rings is 2. The van der Waals surface area contributed by atoms with Crippen molar-refractivity contribution >= 4 is 52.6 Å². The summed E-state index contributed by atoms with van der Waals surface area (Å²) in [6, 6.07) is 4.31. The van der Waals surface area contributed by atoms with Gasteiger partial charge in [0.1, 0.15) is 6.61 Å². The maximum Gasteiger partial charge on any atom is 0.416 e. The summed E-state index contributed by atoms with van der Waals surface area (Å²) in [5.74, 6) is -3.72. The molecule has 3 aromatic rings. The van der Waals surface area contributed by atoms with Crippen LogP contribution in [0.5, 0.6) is 0 Å². The maximum absolute atomic E-state index is 13.9. The van der Waals surface area contributed by atoms with Crippen molar-refractivity contribution in [2.24, 2.45) is 0 Å². The largest absolute Gasteiger partial charge is 0.464 e. The van der Waals surface area contributed by atoms with Crippen molar-refractivity contribution in [3.8, 4) is 0 Å². The number of anilines is 2. The van der Waals surface area contributed by atoms with E-state index < -0.39 is 41.3 Å². The van der Waals surface area contributed by atoms with Crippen molar-refractivity contribution in [1.29, 1.82) is 0 Å². The van der Waals surface area contributed by atoms with Crippen molar-refractivity contribution in [1.82, 2.24) is 9.47 Å². The van der Waals surface area contributed by atoms with Gasteiger partial charge in [-0.1, -0.05) is 0 Å². The number of alkyl halides is 3. The number of carbonyl (C=O) groups is 3. The van der Waals surface area contributed by atoms with Gasteiger partial charge in [-0.25, -0.2) is 13.6 Å². The average molecular weight is 563 g/mol. The van der Waals surface area contributed by atoms with Gasteiger partial charge in [-0.3, -0.25) is 14.2 Å². The third-order valence-corrected chi connectivity index (χ3v) is 5.18. The molecule has 1 aromatic heterocycles. The number of hydrogen-bond donors (Lipinski definition) is 2. The number of ether oxygens (including phenoxy) is 1. The number of hydrogen-bond acceptors (Lipinski definition) is 5. The van der Waals surface area contributed by atoms with E-state index >= 15 is 0 Å². The summed E-state index contributed by atoms with van der Waals surface area (Å²) in [6.45, 7) is 0.634. The molecule has 1 heterocycles. The minimum atomic E-state index is -4.54. The van der Waals surface area contributed by atoms with Gasteiger partial charge in [0.05, 0.1) is 23.2 Å². The summed E-state index contributed by atoms with van der Waals surface area (Å²) < 4.78 is 72.0. The van der Waals surface area contributed by atoms with Crippen LogP contribution in [0, 0.1) is 11.6 Å². The number of urea groups is 1. The number of rotatable bonds is 8. The number of carbonyl (C=O) groups excluding carboxylic acids is 3. The Kier molecular flexibility index (Phi) is 10.2. The van der Waals surface area contributed by atoms with Gasteiger partial charge in [-0.05, 0) is 44.4 Å². The molecular weight excluding hydrogens is 539 g/mol. The normalized spacial score (nSPS) is 11.3. The lowest BCUT2D eigenvalue weighted by Crippen LogP contribution is -2.21. The molecule has 0 aliphatic rings. The van der Waals surface area contributed by atoms with Crippen molar-refractivity contribution in [3.05, 3.63) is 59.8 Å². The average Bonchev–Trinajstić information content (AvgIpc) is 3.14. The maximum atomic E-state index is 13.9. The molecular formula is C24H24ClF5N4O4. The molecule has 2 N–H and O–H groups in total. The van der Waals surface area contributed by atoms with E-state index in [9.17, 15) is 36.3 Å². The molecule has 0 bridgehead atoms. The first-order valence-corrected chi connectivity index (χ1v) is 10.9. The summed E-state index contributed by atoms with van der Waals surface area (Å²) in [5.41, 5.74) is -0.996. The first-order chi connectivity index (χ1) is 17.3. The Morgan fingerprint density at radius 1 is 0.974 bits per heavy atom. The molecule has 8 nitrogen and oxygen atoms in total. The lowest BCUT2D eigenvalue weighted by Gasteiger charge is -2.10. The van der Waals surface area contributed by atoms with E-state index in [-0.39, 0.29) is 54.1 Å². The van der Waals surface area contributed by atoms with Crippen LogP contribution in [0.25, 0.3) is 10.9 Å². The van der Waals surface area contributed by atoms with Crippen LogP contribution in [-0.2, 0) is 15.7 Å². The van der Waals surface area contributed by atoms with Crippen molar-refractivity contribution < 1.29 is 41.1 Å². The van der Waals surface area contributed by atoms with Gasteiger partial charge in [-0.15, -0.1) is 12.4 Å². The predicted molar refractivity (Wildman–Crippen MR) is 133 cm³/mol. The van der Waals surface area contributed by atoms with E-state index in [2.05, 4.69) is 10.6 Å². The highest BCUT2D eigenvalue weighted by atomic mass is 35.5. The zero-order valence-corrected chi connectivity index (χ0v) is 21.0. The molecule has 0 radical (unpaired) electrons. The number of nitrogens with one attached hydrogen (secondary N) is 2. The Morgan fingerprint density at radius 2 is 1.61 bits per heavy atom. The molecule has 0 aliphatic heterocycles. The third kappa shape index (κ3) is 7.89. The molecule has 38 heavy (non-hydrogen) atoms. The molecule has 0 unspecified atom stereocenters. The van der Waals surface area contributed by atoms with Crippen molar-refractivity contribution in [3.63, 3.8) is 0 Å². The summed E-state index contributed by atoms with van der Waals surface area (Å²) in [7, 11) is 3.60. The topological polar surface area (TPSA) is 92.7 Å². The van der Waals surface area contributed by atoms with E-state index in [4.69, 9.17) is 4.74 Å². The molecule has 14 heteroatoms. The van der Waals surface area contributed by atoms with Gasteiger partial charge in [-0.2, -0.15) is 13.2 Å². The number of aromatic nitrogens is 1. The molecule has 0 saturated heterocycles. The second-order valence-corrected chi connectivity index (χ2v) is 8.27. The van der Waals surface area contributed by atoms with Gasteiger partial charge in [0.25, 0.3) is 0 Å². The van der Waals surface area contributed by atoms with Gasteiger partial charge in [0.2, 0.25) is 5.91 Å². The Bertz CT molecular complexity index is 1310. The lowest BCUT2D eigenvalue weighted by atomic mass is 10.2. The highest BCUT2D eigenvalue weighted by molar-refractivity contribution is 6.08. The molecule has 3 rings (SSSR count). The second-order valence-electron chi connectivity index (χ2n) is 8.27. The fourth-order valence-electron chi connectivity index (χ4n) is 3.30. The number of esters is 1. The summed E-state index contributed by atoms with van der Waals surface area (Å²) in [6.07, 6.45) is -3.97. The molecule has 2 aromatic carbocycles. The quantitative estimate of drug-likeness (QED) is 0.278. The highest BCUT2D eigenvalue weighted by Gasteiger charge is 2.30. The fourth-order valence-corrected chi connectivity index (χ4v) is 3.30.